The largest absolute Gasteiger partial charge is 0.395 e. The Bertz CT molecular complexity index is 355. The summed E-state index contributed by atoms with van der Waals surface area (Å²) in [6.45, 7) is 0.202. The number of benzene rings is 1. The monoisotopic (exact) mass is 247 g/mol. The fourth-order valence-electron chi connectivity index (χ4n) is 1.09. The normalized spacial score (nSPS) is 10.1. The summed E-state index contributed by atoms with van der Waals surface area (Å²) in [6.07, 6.45) is 0.233. The lowest BCUT2D eigenvalue weighted by molar-refractivity contribution is -0.120. The molecule has 5 heteroatoms. The lowest BCUT2D eigenvalue weighted by atomic mass is 10.1. The van der Waals surface area contributed by atoms with Crippen LogP contribution in [0.1, 0.15) is 5.56 Å². The van der Waals surface area contributed by atoms with Gasteiger partial charge in [0.1, 0.15) is 0 Å². The fraction of sp³-hybridized carbons (Fsp3) is 0.300. The Labute approximate surface area is 98.0 Å². The van der Waals surface area contributed by atoms with E-state index >= 15 is 0 Å². The zero-order chi connectivity index (χ0) is 11.3. The first-order chi connectivity index (χ1) is 7.13. The van der Waals surface area contributed by atoms with Crippen molar-refractivity contribution in [2.24, 2.45) is 0 Å². The summed E-state index contributed by atoms with van der Waals surface area (Å²) in [5, 5.41) is 12.0. The maximum absolute atomic E-state index is 11.3. The Hall–Kier alpha value is -0.770. The molecule has 0 heterocycles. The summed E-state index contributed by atoms with van der Waals surface area (Å²) in [5.74, 6) is -0.151. The summed E-state index contributed by atoms with van der Waals surface area (Å²) in [4.78, 5) is 11.3. The molecule has 0 radical (unpaired) electrons. The molecule has 3 nitrogen and oxygen atoms in total. The number of carbonyl (C=O) groups excluding carboxylic acids is 1. The van der Waals surface area contributed by atoms with Crippen molar-refractivity contribution in [1.82, 2.24) is 5.32 Å². The Morgan fingerprint density at radius 2 is 2.07 bits per heavy atom. The minimum atomic E-state index is -0.151. The molecule has 0 spiro atoms. The van der Waals surface area contributed by atoms with E-state index in [9.17, 15) is 4.79 Å². The van der Waals surface area contributed by atoms with Crippen LogP contribution < -0.4 is 5.32 Å². The molecule has 0 saturated heterocycles. The summed E-state index contributed by atoms with van der Waals surface area (Å²) in [6, 6.07) is 5.05. The molecule has 0 saturated carbocycles. The number of carbonyl (C=O) groups is 1. The van der Waals surface area contributed by atoms with E-state index in [0.717, 1.165) is 5.56 Å². The molecule has 0 fully saturated rings. The van der Waals surface area contributed by atoms with Gasteiger partial charge in [-0.15, -0.1) is 0 Å². The van der Waals surface area contributed by atoms with Crippen molar-refractivity contribution in [3.8, 4) is 0 Å². The summed E-state index contributed by atoms with van der Waals surface area (Å²) in [5.41, 5.74) is 0.792. The number of rotatable bonds is 4. The molecule has 1 amide bonds. The molecule has 0 unspecified atom stereocenters. The molecular formula is C10H11Cl2NO2. The molecule has 0 aliphatic rings. The molecule has 0 aliphatic heterocycles. The van der Waals surface area contributed by atoms with Crippen LogP contribution in [-0.4, -0.2) is 24.2 Å². The molecule has 0 aromatic heterocycles. The average Bonchev–Trinajstić information content (AvgIpc) is 2.20. The third-order valence-electron chi connectivity index (χ3n) is 1.78. The van der Waals surface area contributed by atoms with E-state index in [4.69, 9.17) is 28.3 Å². The zero-order valence-corrected chi connectivity index (χ0v) is 9.48. The van der Waals surface area contributed by atoms with Crippen molar-refractivity contribution in [2.45, 2.75) is 6.42 Å². The van der Waals surface area contributed by atoms with Crippen LogP contribution >= 0.6 is 23.2 Å². The Balaban J connectivity index is 2.57. The molecule has 0 aliphatic carbocycles. The van der Waals surface area contributed by atoms with Gasteiger partial charge in [-0.2, -0.15) is 0 Å². The number of hydrogen-bond acceptors (Lipinski definition) is 2. The van der Waals surface area contributed by atoms with Crippen LogP contribution in [0.3, 0.4) is 0 Å². The number of hydrogen-bond donors (Lipinski definition) is 2. The van der Waals surface area contributed by atoms with Crippen LogP contribution in [0, 0.1) is 0 Å². The van der Waals surface area contributed by atoms with Crippen LogP contribution in [0.15, 0.2) is 18.2 Å². The van der Waals surface area contributed by atoms with E-state index in [0.29, 0.717) is 10.0 Å². The second-order valence-corrected chi connectivity index (χ2v) is 3.81. The Kier molecular flexibility index (Phi) is 4.88. The van der Waals surface area contributed by atoms with Gasteiger partial charge in [-0.25, -0.2) is 0 Å². The highest BCUT2D eigenvalue weighted by Gasteiger charge is 2.04. The highest BCUT2D eigenvalue weighted by atomic mass is 35.5. The molecule has 1 aromatic rings. The molecular weight excluding hydrogens is 237 g/mol. The minimum Gasteiger partial charge on any atom is -0.395 e. The smallest absolute Gasteiger partial charge is 0.224 e. The maximum atomic E-state index is 11.3. The fourth-order valence-corrected chi connectivity index (χ4v) is 1.41. The lowest BCUT2D eigenvalue weighted by Crippen LogP contribution is -2.27. The predicted molar refractivity (Wildman–Crippen MR) is 60.3 cm³/mol. The molecule has 82 valence electrons. The van der Waals surface area contributed by atoms with Crippen LogP contribution in [0.25, 0.3) is 0 Å². The SMILES string of the molecule is O=C(Cc1ccc(Cl)c(Cl)c1)NCCO. The van der Waals surface area contributed by atoms with Crippen LogP contribution in [0.4, 0.5) is 0 Å². The van der Waals surface area contributed by atoms with Gasteiger partial charge in [0, 0.05) is 6.54 Å². The third kappa shape index (κ3) is 4.08. The molecule has 15 heavy (non-hydrogen) atoms. The van der Waals surface area contributed by atoms with Crippen LogP contribution in [0.2, 0.25) is 10.0 Å². The van der Waals surface area contributed by atoms with E-state index in [1.54, 1.807) is 18.2 Å². The first-order valence-electron chi connectivity index (χ1n) is 4.45. The van der Waals surface area contributed by atoms with Crippen molar-refractivity contribution in [1.29, 1.82) is 0 Å². The maximum Gasteiger partial charge on any atom is 0.224 e. The van der Waals surface area contributed by atoms with Crippen LogP contribution in [-0.2, 0) is 11.2 Å². The molecule has 1 aromatic carbocycles. The second kappa shape index (κ2) is 5.95. The number of aliphatic hydroxyl groups excluding tert-OH is 1. The Morgan fingerprint density at radius 1 is 1.33 bits per heavy atom. The molecule has 1 rings (SSSR count). The van der Waals surface area contributed by atoms with E-state index in [1.807, 2.05) is 0 Å². The van der Waals surface area contributed by atoms with Gasteiger partial charge in [-0.1, -0.05) is 29.3 Å². The van der Waals surface area contributed by atoms with Crippen molar-refractivity contribution in [3.63, 3.8) is 0 Å². The molecule has 0 atom stereocenters. The van der Waals surface area contributed by atoms with Crippen molar-refractivity contribution in [2.75, 3.05) is 13.2 Å². The van der Waals surface area contributed by atoms with Gasteiger partial charge in [-0.3, -0.25) is 4.79 Å². The van der Waals surface area contributed by atoms with Gasteiger partial charge in [0.2, 0.25) is 5.91 Å². The number of halogens is 2. The average molecular weight is 248 g/mol. The number of nitrogens with one attached hydrogen (secondary N) is 1. The van der Waals surface area contributed by atoms with Crippen molar-refractivity contribution < 1.29 is 9.90 Å². The summed E-state index contributed by atoms with van der Waals surface area (Å²) < 4.78 is 0. The third-order valence-corrected chi connectivity index (χ3v) is 2.52. The number of aliphatic hydroxyl groups is 1. The highest BCUT2D eigenvalue weighted by Crippen LogP contribution is 2.22. The minimum absolute atomic E-state index is 0.0624. The van der Waals surface area contributed by atoms with Gasteiger partial charge in [0.25, 0.3) is 0 Å². The highest BCUT2D eigenvalue weighted by molar-refractivity contribution is 6.42. The molecule has 2 N–H and O–H groups in total. The van der Waals surface area contributed by atoms with Gasteiger partial charge in [0.05, 0.1) is 23.1 Å². The van der Waals surface area contributed by atoms with E-state index < -0.39 is 0 Å². The predicted octanol–water partition coefficient (Wildman–Crippen LogP) is 1.64. The van der Waals surface area contributed by atoms with Crippen molar-refractivity contribution in [3.05, 3.63) is 33.8 Å². The van der Waals surface area contributed by atoms with Gasteiger partial charge < -0.3 is 10.4 Å². The lowest BCUT2D eigenvalue weighted by Gasteiger charge is -2.04. The van der Waals surface area contributed by atoms with Crippen LogP contribution in [0.5, 0.6) is 0 Å². The standard InChI is InChI=1S/C10H11Cl2NO2/c11-8-2-1-7(5-9(8)12)6-10(15)13-3-4-14/h1-2,5,14H,3-4,6H2,(H,13,15). The molecule has 0 bridgehead atoms. The van der Waals surface area contributed by atoms with Crippen molar-refractivity contribution >= 4 is 29.1 Å². The van der Waals surface area contributed by atoms with E-state index in [-0.39, 0.29) is 25.5 Å². The first-order valence-corrected chi connectivity index (χ1v) is 5.20. The van der Waals surface area contributed by atoms with Gasteiger partial charge in [-0.05, 0) is 17.7 Å². The first kappa shape index (κ1) is 12.3. The summed E-state index contributed by atoms with van der Waals surface area (Å²) >= 11 is 11.5. The Morgan fingerprint density at radius 3 is 2.67 bits per heavy atom. The van der Waals surface area contributed by atoms with Gasteiger partial charge >= 0.3 is 0 Å². The van der Waals surface area contributed by atoms with E-state index in [1.165, 1.54) is 0 Å². The zero-order valence-electron chi connectivity index (χ0n) is 7.96. The topological polar surface area (TPSA) is 49.3 Å². The summed E-state index contributed by atoms with van der Waals surface area (Å²) in [7, 11) is 0. The number of amides is 1. The second-order valence-electron chi connectivity index (χ2n) is 3.00. The van der Waals surface area contributed by atoms with E-state index in [2.05, 4.69) is 5.32 Å². The van der Waals surface area contributed by atoms with Gasteiger partial charge in [0.15, 0.2) is 0 Å². The quantitative estimate of drug-likeness (QED) is 0.851.